The van der Waals surface area contributed by atoms with Crippen molar-refractivity contribution in [1.82, 2.24) is 34.4 Å². The lowest BCUT2D eigenvalue weighted by Gasteiger charge is -2.14. The van der Waals surface area contributed by atoms with Crippen LogP contribution in [0, 0.1) is 0 Å². The van der Waals surface area contributed by atoms with Crippen molar-refractivity contribution in [1.29, 1.82) is 0 Å². The second-order valence-corrected chi connectivity index (χ2v) is 9.87. The van der Waals surface area contributed by atoms with Crippen LogP contribution in [0.5, 0.6) is 11.6 Å². The zero-order valence-corrected chi connectivity index (χ0v) is 21.9. The molecule has 5 aromatic rings. The number of nitrogens with one attached hydrogen (secondary N) is 1. The van der Waals surface area contributed by atoms with E-state index in [2.05, 4.69) is 42.4 Å². The van der Waals surface area contributed by atoms with Gasteiger partial charge in [0.05, 0.1) is 10.5 Å². The lowest BCUT2D eigenvalue weighted by atomic mass is 10.0. The van der Waals surface area contributed by atoms with Gasteiger partial charge in [-0.2, -0.15) is 0 Å². The second kappa shape index (κ2) is 10.8. The Bertz CT molecular complexity index is 1700. The van der Waals surface area contributed by atoms with Gasteiger partial charge in [-0.15, -0.1) is 10.2 Å². The number of carbonyl (C=O) groups is 1. The minimum atomic E-state index is 0.0704. The number of allylic oxidation sites excluding steroid dienone is 1. The topological polar surface area (TPSA) is 110 Å². The number of likely N-dealkylation sites (tertiary alicyclic amines) is 1. The highest BCUT2D eigenvalue weighted by atomic mass is 35.5. The van der Waals surface area contributed by atoms with Crippen molar-refractivity contribution in [2.24, 2.45) is 0 Å². The number of carbonyl (C=O) groups excluding carboxylic acids is 1. The fourth-order valence-corrected chi connectivity index (χ4v) is 4.87. The number of fused-ring (bicyclic) bond motifs is 2. The van der Waals surface area contributed by atoms with Crippen molar-refractivity contribution in [2.45, 2.75) is 25.3 Å². The third-order valence-electron chi connectivity index (χ3n) is 6.73. The maximum absolute atomic E-state index is 12.6. The molecule has 11 heteroatoms. The summed E-state index contributed by atoms with van der Waals surface area (Å²) in [5, 5.41) is 12.3. The van der Waals surface area contributed by atoms with Crippen molar-refractivity contribution in [3.8, 4) is 11.6 Å². The van der Waals surface area contributed by atoms with Gasteiger partial charge in [-0.1, -0.05) is 23.7 Å². The molecular formula is C28H25ClN8O2. The number of likely N-dealkylation sites (N-methyl/N-ethyl adjacent to an activating group) is 1. The van der Waals surface area contributed by atoms with E-state index in [9.17, 15) is 4.79 Å². The zero-order chi connectivity index (χ0) is 26.8. The Morgan fingerprint density at radius 3 is 2.92 bits per heavy atom. The smallest absolute Gasteiger partial charge is 0.224 e. The van der Waals surface area contributed by atoms with E-state index >= 15 is 0 Å². The second-order valence-electron chi connectivity index (χ2n) is 9.46. The average Bonchev–Trinajstić information content (AvgIpc) is 3.57. The molecule has 1 aliphatic heterocycles. The SMILES string of the molecule is CN1CCC[C@@H]1/C=C/C(=O)Cc1ccc2ncnc(Nc3ccc(Oc4cc5nncn5cn4)c(Cl)c3)c2c1. The van der Waals surface area contributed by atoms with E-state index in [0.717, 1.165) is 35.1 Å². The van der Waals surface area contributed by atoms with Gasteiger partial charge in [0.15, 0.2) is 11.4 Å². The molecule has 6 rings (SSSR count). The first-order valence-electron chi connectivity index (χ1n) is 12.6. The summed E-state index contributed by atoms with van der Waals surface area (Å²) >= 11 is 6.52. The first-order valence-corrected chi connectivity index (χ1v) is 12.9. The van der Waals surface area contributed by atoms with Crippen LogP contribution < -0.4 is 10.1 Å². The van der Waals surface area contributed by atoms with Crippen LogP contribution in [0.1, 0.15) is 18.4 Å². The Morgan fingerprint density at radius 2 is 2.08 bits per heavy atom. The third-order valence-corrected chi connectivity index (χ3v) is 7.03. The highest BCUT2D eigenvalue weighted by Gasteiger charge is 2.18. The molecule has 0 radical (unpaired) electrons. The van der Waals surface area contributed by atoms with E-state index < -0.39 is 0 Å². The largest absolute Gasteiger partial charge is 0.437 e. The van der Waals surface area contributed by atoms with Crippen LogP contribution >= 0.6 is 11.6 Å². The van der Waals surface area contributed by atoms with Crippen molar-refractivity contribution in [3.63, 3.8) is 0 Å². The van der Waals surface area contributed by atoms with E-state index in [4.69, 9.17) is 16.3 Å². The Hall–Kier alpha value is -4.41. The number of anilines is 2. The van der Waals surface area contributed by atoms with Crippen LogP contribution in [0.3, 0.4) is 0 Å². The fraction of sp³-hybridized carbons (Fsp3) is 0.214. The highest BCUT2D eigenvalue weighted by Crippen LogP contribution is 2.33. The van der Waals surface area contributed by atoms with Gasteiger partial charge in [0.2, 0.25) is 5.88 Å². The summed E-state index contributed by atoms with van der Waals surface area (Å²) in [6.07, 6.45) is 10.9. The van der Waals surface area contributed by atoms with E-state index in [1.165, 1.54) is 12.7 Å². The summed E-state index contributed by atoms with van der Waals surface area (Å²) in [4.78, 5) is 28.0. The molecule has 0 saturated carbocycles. The average molecular weight is 541 g/mol. The van der Waals surface area contributed by atoms with Crippen LogP contribution in [0.25, 0.3) is 16.6 Å². The molecule has 10 nitrogen and oxygen atoms in total. The lowest BCUT2D eigenvalue weighted by Crippen LogP contribution is -2.22. The summed E-state index contributed by atoms with van der Waals surface area (Å²) in [6.45, 7) is 1.07. The van der Waals surface area contributed by atoms with Crippen molar-refractivity contribution in [3.05, 3.63) is 84.2 Å². The Labute approximate surface area is 229 Å². The van der Waals surface area contributed by atoms with E-state index in [-0.39, 0.29) is 5.78 Å². The predicted octanol–water partition coefficient (Wildman–Crippen LogP) is 5.02. The molecule has 1 saturated heterocycles. The number of nitrogens with zero attached hydrogens (tertiary/aromatic N) is 7. The molecule has 1 N–H and O–H groups in total. The van der Waals surface area contributed by atoms with E-state index in [1.54, 1.807) is 41.3 Å². The van der Waals surface area contributed by atoms with Crippen molar-refractivity contribution in [2.75, 3.05) is 18.9 Å². The molecule has 196 valence electrons. The van der Waals surface area contributed by atoms with Gasteiger partial charge in [-0.05, 0) is 68.4 Å². The number of ether oxygens (including phenoxy) is 1. The standard InChI is InChI=1S/C28H25ClN8O2/c1-36-10-2-3-20(36)6-7-21(38)11-18-4-8-24-22(12-18)28(31-15-30-24)34-19-5-9-25(23(29)13-19)39-27-14-26-35-33-17-37(26)16-32-27/h4-9,12-17,20H,2-3,10-11H2,1H3,(H,30,31,34)/b7-6+/t20-/m1/s1. The molecule has 0 spiro atoms. The molecule has 0 unspecified atom stereocenters. The number of halogens is 1. The van der Waals surface area contributed by atoms with Crippen LogP contribution in [0.15, 0.2) is 73.6 Å². The van der Waals surface area contributed by atoms with Crippen LogP contribution in [0.2, 0.25) is 5.02 Å². The number of rotatable bonds is 8. The molecule has 0 bridgehead atoms. The maximum atomic E-state index is 12.6. The van der Waals surface area contributed by atoms with E-state index in [0.29, 0.717) is 40.6 Å². The summed E-state index contributed by atoms with van der Waals surface area (Å²) in [5.41, 5.74) is 3.00. The first kappa shape index (κ1) is 24.9. The van der Waals surface area contributed by atoms with Crippen LogP contribution in [-0.2, 0) is 11.2 Å². The van der Waals surface area contributed by atoms with Gasteiger partial charge < -0.3 is 10.1 Å². The quantitative estimate of drug-likeness (QED) is 0.271. The molecule has 39 heavy (non-hydrogen) atoms. The Kier molecular flexibility index (Phi) is 6.87. The molecular weight excluding hydrogens is 516 g/mol. The van der Waals surface area contributed by atoms with Gasteiger partial charge >= 0.3 is 0 Å². The molecule has 0 amide bonds. The molecule has 1 fully saturated rings. The minimum absolute atomic E-state index is 0.0704. The minimum Gasteiger partial charge on any atom is -0.437 e. The fourth-order valence-electron chi connectivity index (χ4n) is 4.65. The van der Waals surface area contributed by atoms with Crippen LogP contribution in [-0.4, -0.2) is 59.9 Å². The van der Waals surface area contributed by atoms with Gasteiger partial charge in [-0.25, -0.2) is 15.0 Å². The maximum Gasteiger partial charge on any atom is 0.224 e. The molecule has 2 aromatic carbocycles. The molecule has 3 aromatic heterocycles. The lowest BCUT2D eigenvalue weighted by molar-refractivity contribution is -0.114. The highest BCUT2D eigenvalue weighted by molar-refractivity contribution is 6.32. The summed E-state index contributed by atoms with van der Waals surface area (Å²) in [5.74, 6) is 1.48. The number of hydrogen-bond acceptors (Lipinski definition) is 9. The van der Waals surface area contributed by atoms with Gasteiger partial charge in [-0.3, -0.25) is 14.1 Å². The van der Waals surface area contributed by atoms with Gasteiger partial charge in [0.25, 0.3) is 0 Å². The summed E-state index contributed by atoms with van der Waals surface area (Å²) < 4.78 is 7.54. The Balaban J connectivity index is 1.18. The monoisotopic (exact) mass is 540 g/mol. The predicted molar refractivity (Wildman–Crippen MR) is 149 cm³/mol. The molecule has 1 atom stereocenters. The first-order chi connectivity index (χ1) is 19.0. The molecule has 4 heterocycles. The van der Waals surface area contributed by atoms with Crippen LogP contribution in [0.4, 0.5) is 11.5 Å². The van der Waals surface area contributed by atoms with E-state index in [1.807, 2.05) is 30.3 Å². The van der Waals surface area contributed by atoms with Gasteiger partial charge in [0, 0.05) is 29.6 Å². The molecule has 1 aliphatic rings. The summed E-state index contributed by atoms with van der Waals surface area (Å²) in [7, 11) is 2.09. The van der Waals surface area contributed by atoms with Crippen molar-refractivity contribution >= 4 is 45.4 Å². The Morgan fingerprint density at radius 1 is 1.15 bits per heavy atom. The number of hydrogen-bond donors (Lipinski definition) is 1. The normalized spacial score (nSPS) is 15.9. The number of aromatic nitrogens is 6. The summed E-state index contributed by atoms with van der Waals surface area (Å²) in [6, 6.07) is 13.1. The zero-order valence-electron chi connectivity index (χ0n) is 21.2. The van der Waals surface area contributed by atoms with Crippen molar-refractivity contribution < 1.29 is 9.53 Å². The number of benzene rings is 2. The van der Waals surface area contributed by atoms with Gasteiger partial charge in [0.1, 0.15) is 30.5 Å². The number of ketones is 1. The molecule has 0 aliphatic carbocycles. The third kappa shape index (κ3) is 5.57.